The summed E-state index contributed by atoms with van der Waals surface area (Å²) in [5.74, 6) is -1.92. The number of carbonyl (C=O) groups is 4. The van der Waals surface area contributed by atoms with Gasteiger partial charge in [-0.1, -0.05) is 47.6 Å². The van der Waals surface area contributed by atoms with Crippen molar-refractivity contribution in [3.63, 3.8) is 0 Å². The molecule has 14 heteroatoms. The number of hydrogen-bond acceptors (Lipinski definition) is 10. The average molecular weight is 623 g/mol. The molecule has 0 spiro atoms. The van der Waals surface area contributed by atoms with Crippen LogP contribution in [0.1, 0.15) is 35.7 Å². The Bertz CT molecular complexity index is 1120. The van der Waals surface area contributed by atoms with Crippen LogP contribution in [-0.2, 0) is 19.2 Å². The highest BCUT2D eigenvalue weighted by atomic mass is 33.1. The lowest BCUT2D eigenvalue weighted by molar-refractivity contribution is -0.150. The minimum Gasteiger partial charge on any atom is -0.480 e. The molecule has 2 N–H and O–H groups in total. The van der Waals surface area contributed by atoms with Crippen LogP contribution in [0.4, 0.5) is 0 Å². The van der Waals surface area contributed by atoms with Crippen molar-refractivity contribution < 1.29 is 29.4 Å². The molecule has 2 aliphatic rings. The van der Waals surface area contributed by atoms with E-state index in [1.54, 1.807) is 50.8 Å². The first-order valence-corrected chi connectivity index (χ1v) is 17.2. The number of aromatic nitrogens is 2. The number of hydrogen-bond donors (Lipinski definition) is 2. The molecular formula is C26H30N4O6S4. The standard InChI is InChI=1S/C26H30N4O6S4/c1-15(21(31)29-19(25(33)34)13-37-23(29)17-5-3-7-27-9-17)11-39-40-12-16(2)22(32)30-20(26(35)36)14-38-24(30)18-6-4-8-28-10-18/h3-10,15-16,19-20,23-24H,11-14H2,1-2H3,(H,33,34)(H,35,36)/t15-,16-,19+,20+,23?,24?/m1/s1. The van der Waals surface area contributed by atoms with Crippen molar-refractivity contribution in [2.24, 2.45) is 11.8 Å². The minimum absolute atomic E-state index is 0.235. The first kappa shape index (κ1) is 30.5. The van der Waals surface area contributed by atoms with E-state index in [-0.39, 0.29) is 11.8 Å². The monoisotopic (exact) mass is 622 g/mol. The van der Waals surface area contributed by atoms with Crippen molar-refractivity contribution in [3.8, 4) is 0 Å². The van der Waals surface area contributed by atoms with E-state index in [2.05, 4.69) is 9.97 Å². The highest BCUT2D eigenvalue weighted by Gasteiger charge is 2.45. The van der Waals surface area contributed by atoms with Crippen molar-refractivity contribution in [2.45, 2.75) is 36.7 Å². The number of carboxylic acids is 2. The molecule has 2 fully saturated rings. The van der Waals surface area contributed by atoms with E-state index < -0.39 is 46.6 Å². The van der Waals surface area contributed by atoms with Crippen LogP contribution in [0.2, 0.25) is 0 Å². The Labute approximate surface area is 248 Å². The van der Waals surface area contributed by atoms with Crippen LogP contribution >= 0.6 is 45.1 Å². The number of amides is 2. The molecule has 0 aromatic carbocycles. The van der Waals surface area contributed by atoms with Crippen molar-refractivity contribution in [1.82, 2.24) is 19.8 Å². The topological polar surface area (TPSA) is 141 Å². The summed E-state index contributed by atoms with van der Waals surface area (Å²) in [6, 6.07) is 5.40. The Morgan fingerprint density at radius 1 is 0.825 bits per heavy atom. The number of aliphatic carboxylic acids is 2. The van der Waals surface area contributed by atoms with Crippen LogP contribution in [0.5, 0.6) is 0 Å². The minimum atomic E-state index is -1.03. The summed E-state index contributed by atoms with van der Waals surface area (Å²) in [4.78, 5) is 61.8. The van der Waals surface area contributed by atoms with Gasteiger partial charge in [-0.2, -0.15) is 0 Å². The summed E-state index contributed by atoms with van der Waals surface area (Å²) in [7, 11) is 2.90. The van der Waals surface area contributed by atoms with E-state index in [9.17, 15) is 29.4 Å². The molecular weight excluding hydrogens is 593 g/mol. The van der Waals surface area contributed by atoms with Gasteiger partial charge in [0.15, 0.2) is 0 Å². The van der Waals surface area contributed by atoms with Crippen LogP contribution in [0, 0.1) is 11.8 Å². The third kappa shape index (κ3) is 6.89. The summed E-state index contributed by atoms with van der Waals surface area (Å²) in [5.41, 5.74) is 1.57. The summed E-state index contributed by atoms with van der Waals surface area (Å²) in [6.07, 6.45) is 6.58. The molecule has 0 aliphatic carbocycles. The zero-order valence-corrected chi connectivity index (χ0v) is 25.1. The predicted molar refractivity (Wildman–Crippen MR) is 159 cm³/mol. The van der Waals surface area contributed by atoms with Crippen molar-refractivity contribution in [2.75, 3.05) is 23.0 Å². The second-order valence-electron chi connectivity index (χ2n) is 9.51. The van der Waals surface area contributed by atoms with Gasteiger partial charge in [0.05, 0.1) is 0 Å². The largest absolute Gasteiger partial charge is 0.480 e. The van der Waals surface area contributed by atoms with E-state index in [1.165, 1.54) is 54.9 Å². The molecule has 0 radical (unpaired) electrons. The Hall–Kier alpha value is -2.42. The van der Waals surface area contributed by atoms with E-state index in [0.29, 0.717) is 23.0 Å². The summed E-state index contributed by atoms with van der Waals surface area (Å²) < 4.78 is 0. The molecule has 214 valence electrons. The molecule has 2 aromatic rings. The fourth-order valence-corrected chi connectivity index (χ4v) is 9.95. The summed E-state index contributed by atoms with van der Waals surface area (Å²) >= 11 is 2.83. The molecule has 2 saturated heterocycles. The second-order valence-corrected chi connectivity index (χ2v) is 14.3. The molecule has 4 rings (SSSR count). The number of pyridine rings is 2. The van der Waals surface area contributed by atoms with Gasteiger partial charge in [0.25, 0.3) is 0 Å². The van der Waals surface area contributed by atoms with Crippen molar-refractivity contribution in [1.29, 1.82) is 0 Å². The molecule has 0 bridgehead atoms. The van der Waals surface area contributed by atoms with Crippen LogP contribution < -0.4 is 0 Å². The second kappa shape index (κ2) is 14.0. The SMILES string of the molecule is C[C@H](CSSC[C@@H](C)C(=O)N1C(c2cccnc2)SC[C@H]1C(=O)O)C(=O)N1C(c2cccnc2)SC[C@H]1C(=O)O. The molecule has 2 aromatic heterocycles. The number of rotatable bonds is 11. The van der Waals surface area contributed by atoms with Gasteiger partial charge in [0.1, 0.15) is 22.8 Å². The Morgan fingerprint density at radius 2 is 1.23 bits per heavy atom. The average Bonchev–Trinajstić information content (AvgIpc) is 3.61. The fraction of sp³-hybridized carbons (Fsp3) is 0.462. The lowest BCUT2D eigenvalue weighted by Gasteiger charge is -2.30. The molecule has 0 saturated carbocycles. The Balaban J connectivity index is 1.33. The van der Waals surface area contributed by atoms with Gasteiger partial charge in [-0.3, -0.25) is 19.6 Å². The lowest BCUT2D eigenvalue weighted by atomic mass is 10.1. The third-order valence-electron chi connectivity index (χ3n) is 6.58. The van der Waals surface area contributed by atoms with Crippen LogP contribution in [0.15, 0.2) is 49.1 Å². The maximum absolute atomic E-state index is 13.4. The molecule has 6 atom stereocenters. The van der Waals surface area contributed by atoms with E-state index in [4.69, 9.17) is 0 Å². The number of carboxylic acid groups (broad SMARTS) is 2. The van der Waals surface area contributed by atoms with Crippen LogP contribution in [0.3, 0.4) is 0 Å². The molecule has 40 heavy (non-hydrogen) atoms. The van der Waals surface area contributed by atoms with Crippen LogP contribution in [0.25, 0.3) is 0 Å². The normalized spacial score (nSPS) is 24.1. The van der Waals surface area contributed by atoms with Crippen molar-refractivity contribution >= 4 is 68.9 Å². The maximum atomic E-state index is 13.4. The smallest absolute Gasteiger partial charge is 0.327 e. The number of thioether (sulfide) groups is 2. The summed E-state index contributed by atoms with van der Waals surface area (Å²) in [5, 5.41) is 18.6. The lowest BCUT2D eigenvalue weighted by Crippen LogP contribution is -2.45. The van der Waals surface area contributed by atoms with Crippen molar-refractivity contribution in [3.05, 3.63) is 60.2 Å². The van der Waals surface area contributed by atoms with Gasteiger partial charge < -0.3 is 20.0 Å². The molecule has 2 amide bonds. The first-order valence-electron chi connectivity index (χ1n) is 12.6. The number of carbonyl (C=O) groups excluding carboxylic acids is 2. The van der Waals surface area contributed by atoms with Gasteiger partial charge in [0.2, 0.25) is 11.8 Å². The predicted octanol–water partition coefficient (Wildman–Crippen LogP) is 3.88. The Kier molecular flexibility index (Phi) is 10.7. The zero-order valence-electron chi connectivity index (χ0n) is 21.9. The van der Waals surface area contributed by atoms with Gasteiger partial charge >= 0.3 is 11.9 Å². The molecule has 2 aliphatic heterocycles. The Morgan fingerprint density at radius 3 is 1.55 bits per heavy atom. The quantitative estimate of drug-likeness (QED) is 0.277. The number of nitrogens with zero attached hydrogens (tertiary/aromatic N) is 4. The first-order chi connectivity index (χ1) is 19.2. The fourth-order valence-electron chi connectivity index (χ4n) is 4.44. The van der Waals surface area contributed by atoms with E-state index >= 15 is 0 Å². The van der Waals surface area contributed by atoms with Crippen LogP contribution in [-0.4, -0.2) is 88.8 Å². The molecule has 2 unspecified atom stereocenters. The maximum Gasteiger partial charge on any atom is 0.327 e. The third-order valence-corrected chi connectivity index (χ3v) is 12.0. The highest BCUT2D eigenvalue weighted by Crippen LogP contribution is 2.44. The van der Waals surface area contributed by atoms with Gasteiger partial charge in [-0.15, -0.1) is 23.5 Å². The van der Waals surface area contributed by atoms with E-state index in [1.807, 2.05) is 12.1 Å². The molecule has 4 heterocycles. The highest BCUT2D eigenvalue weighted by molar-refractivity contribution is 8.76. The van der Waals surface area contributed by atoms with E-state index in [0.717, 1.165) is 11.1 Å². The van der Waals surface area contributed by atoms with Gasteiger partial charge in [-0.25, -0.2) is 9.59 Å². The summed E-state index contributed by atoms with van der Waals surface area (Å²) in [6.45, 7) is 3.56. The van der Waals surface area contributed by atoms with Gasteiger partial charge in [-0.05, 0) is 12.1 Å². The van der Waals surface area contributed by atoms with Gasteiger partial charge in [0, 0.05) is 70.8 Å². The zero-order chi connectivity index (χ0) is 28.8. The molecule has 10 nitrogen and oxygen atoms in total.